The predicted molar refractivity (Wildman–Crippen MR) is 45.0 cm³/mol. The van der Waals surface area contributed by atoms with E-state index in [-0.39, 0.29) is 0 Å². The fourth-order valence-corrected chi connectivity index (χ4v) is 1.26. The third-order valence-electron chi connectivity index (χ3n) is 2.11. The molecule has 0 amide bonds. The Labute approximate surface area is 68.1 Å². The highest BCUT2D eigenvalue weighted by Gasteiger charge is 2.12. The minimum atomic E-state index is 0.603. The first-order chi connectivity index (χ1) is 5.24. The SMILES string of the molecule is CC(C)N1CC=C(C#N)CC1. The van der Waals surface area contributed by atoms with Crippen LogP contribution in [0.25, 0.3) is 0 Å². The highest BCUT2D eigenvalue weighted by Crippen LogP contribution is 2.11. The van der Waals surface area contributed by atoms with E-state index >= 15 is 0 Å². The molecule has 2 heteroatoms. The smallest absolute Gasteiger partial charge is 0.0944 e. The second-order valence-corrected chi connectivity index (χ2v) is 3.18. The van der Waals surface area contributed by atoms with E-state index < -0.39 is 0 Å². The lowest BCUT2D eigenvalue weighted by Crippen LogP contribution is -2.34. The van der Waals surface area contributed by atoms with E-state index in [0.717, 1.165) is 25.1 Å². The zero-order chi connectivity index (χ0) is 8.27. The van der Waals surface area contributed by atoms with Crippen molar-refractivity contribution < 1.29 is 0 Å². The number of nitriles is 1. The van der Waals surface area contributed by atoms with Crippen molar-refractivity contribution in [1.82, 2.24) is 4.90 Å². The van der Waals surface area contributed by atoms with E-state index in [2.05, 4.69) is 24.8 Å². The van der Waals surface area contributed by atoms with E-state index in [1.54, 1.807) is 0 Å². The van der Waals surface area contributed by atoms with E-state index in [1.165, 1.54) is 0 Å². The van der Waals surface area contributed by atoms with Crippen LogP contribution in [0.3, 0.4) is 0 Å². The molecule has 2 nitrogen and oxygen atoms in total. The first-order valence-corrected chi connectivity index (χ1v) is 4.07. The lowest BCUT2D eigenvalue weighted by molar-refractivity contribution is 0.240. The average Bonchev–Trinajstić information content (AvgIpc) is 2.05. The summed E-state index contributed by atoms with van der Waals surface area (Å²) in [6, 6.07) is 2.80. The Hall–Kier alpha value is -0.810. The summed E-state index contributed by atoms with van der Waals surface area (Å²) in [6.07, 6.45) is 2.96. The van der Waals surface area contributed by atoms with Gasteiger partial charge in [-0.1, -0.05) is 6.08 Å². The lowest BCUT2D eigenvalue weighted by Gasteiger charge is -2.27. The Morgan fingerprint density at radius 2 is 2.36 bits per heavy atom. The molecular formula is C9H14N2. The second kappa shape index (κ2) is 3.54. The maximum absolute atomic E-state index is 8.58. The van der Waals surface area contributed by atoms with Crippen LogP contribution in [-0.2, 0) is 0 Å². The molecule has 0 N–H and O–H groups in total. The molecular weight excluding hydrogens is 136 g/mol. The molecule has 0 saturated carbocycles. The van der Waals surface area contributed by atoms with Gasteiger partial charge in [0.1, 0.15) is 0 Å². The molecule has 0 spiro atoms. The van der Waals surface area contributed by atoms with E-state index in [4.69, 9.17) is 5.26 Å². The lowest BCUT2D eigenvalue weighted by atomic mass is 10.1. The molecule has 0 bridgehead atoms. The van der Waals surface area contributed by atoms with Gasteiger partial charge in [-0.15, -0.1) is 0 Å². The van der Waals surface area contributed by atoms with Gasteiger partial charge in [-0.2, -0.15) is 5.26 Å². The first-order valence-electron chi connectivity index (χ1n) is 4.07. The number of hydrogen-bond acceptors (Lipinski definition) is 2. The van der Waals surface area contributed by atoms with Crippen molar-refractivity contribution in [3.8, 4) is 6.07 Å². The number of rotatable bonds is 1. The normalized spacial score (nSPS) is 19.6. The minimum Gasteiger partial charge on any atom is -0.297 e. The quantitative estimate of drug-likeness (QED) is 0.567. The fourth-order valence-electron chi connectivity index (χ4n) is 1.26. The van der Waals surface area contributed by atoms with Crippen molar-refractivity contribution in [2.24, 2.45) is 0 Å². The Balaban J connectivity index is 2.49. The van der Waals surface area contributed by atoms with Crippen molar-refractivity contribution in [2.45, 2.75) is 26.3 Å². The molecule has 0 unspecified atom stereocenters. The topological polar surface area (TPSA) is 27.0 Å². The van der Waals surface area contributed by atoms with Gasteiger partial charge in [0, 0.05) is 24.7 Å². The van der Waals surface area contributed by atoms with Gasteiger partial charge in [0.05, 0.1) is 6.07 Å². The van der Waals surface area contributed by atoms with Crippen molar-refractivity contribution in [2.75, 3.05) is 13.1 Å². The van der Waals surface area contributed by atoms with Crippen LogP contribution in [0.2, 0.25) is 0 Å². The summed E-state index contributed by atoms with van der Waals surface area (Å²) in [5.41, 5.74) is 0.946. The van der Waals surface area contributed by atoms with E-state index in [0.29, 0.717) is 6.04 Å². The maximum Gasteiger partial charge on any atom is 0.0944 e. The fraction of sp³-hybridized carbons (Fsp3) is 0.667. The van der Waals surface area contributed by atoms with Crippen LogP contribution in [0.15, 0.2) is 11.6 Å². The molecule has 1 heterocycles. The summed E-state index contributed by atoms with van der Waals surface area (Å²) in [5, 5.41) is 8.58. The Kier molecular flexibility index (Phi) is 2.67. The van der Waals surface area contributed by atoms with Crippen LogP contribution < -0.4 is 0 Å². The molecule has 1 aliphatic heterocycles. The van der Waals surface area contributed by atoms with Crippen molar-refractivity contribution in [3.63, 3.8) is 0 Å². The molecule has 0 fully saturated rings. The molecule has 0 aromatic rings. The first kappa shape index (κ1) is 8.29. The molecule has 60 valence electrons. The Morgan fingerprint density at radius 3 is 2.73 bits per heavy atom. The van der Waals surface area contributed by atoms with Gasteiger partial charge in [-0.3, -0.25) is 4.90 Å². The Bertz CT molecular complexity index is 198. The van der Waals surface area contributed by atoms with Crippen LogP contribution in [0, 0.1) is 11.3 Å². The predicted octanol–water partition coefficient (Wildman–Crippen LogP) is 1.55. The number of hydrogen-bond donors (Lipinski definition) is 0. The molecule has 0 aromatic heterocycles. The third kappa shape index (κ3) is 2.06. The van der Waals surface area contributed by atoms with Crippen LogP contribution in [-0.4, -0.2) is 24.0 Å². The van der Waals surface area contributed by atoms with E-state index in [9.17, 15) is 0 Å². The largest absolute Gasteiger partial charge is 0.297 e. The summed E-state index contributed by atoms with van der Waals surface area (Å²) in [4.78, 5) is 2.36. The zero-order valence-electron chi connectivity index (χ0n) is 7.17. The average molecular weight is 150 g/mol. The summed E-state index contributed by atoms with van der Waals surface area (Å²) < 4.78 is 0. The van der Waals surface area contributed by atoms with Gasteiger partial charge in [0.25, 0.3) is 0 Å². The Morgan fingerprint density at radius 1 is 1.64 bits per heavy atom. The molecule has 11 heavy (non-hydrogen) atoms. The standard InChI is InChI=1S/C9H14N2/c1-8(2)11-5-3-9(7-10)4-6-11/h3,8H,4-6H2,1-2H3. The highest BCUT2D eigenvalue weighted by molar-refractivity contribution is 5.23. The van der Waals surface area contributed by atoms with Crippen LogP contribution >= 0.6 is 0 Å². The molecule has 1 rings (SSSR count). The molecule has 0 saturated heterocycles. The molecule has 1 aliphatic rings. The monoisotopic (exact) mass is 150 g/mol. The van der Waals surface area contributed by atoms with Crippen LogP contribution in [0.5, 0.6) is 0 Å². The van der Waals surface area contributed by atoms with E-state index in [1.807, 2.05) is 6.08 Å². The van der Waals surface area contributed by atoms with Gasteiger partial charge in [0.15, 0.2) is 0 Å². The van der Waals surface area contributed by atoms with Gasteiger partial charge in [-0.25, -0.2) is 0 Å². The molecule has 0 radical (unpaired) electrons. The summed E-state index contributed by atoms with van der Waals surface area (Å²) in [5.74, 6) is 0. The van der Waals surface area contributed by atoms with Gasteiger partial charge >= 0.3 is 0 Å². The highest BCUT2D eigenvalue weighted by atomic mass is 15.1. The molecule has 0 atom stereocenters. The summed E-state index contributed by atoms with van der Waals surface area (Å²) in [6.45, 7) is 6.36. The number of nitrogens with zero attached hydrogens (tertiary/aromatic N) is 2. The molecule has 0 aliphatic carbocycles. The van der Waals surface area contributed by atoms with Crippen LogP contribution in [0.1, 0.15) is 20.3 Å². The molecule has 0 aromatic carbocycles. The van der Waals surface area contributed by atoms with Crippen molar-refractivity contribution in [3.05, 3.63) is 11.6 Å². The minimum absolute atomic E-state index is 0.603. The van der Waals surface area contributed by atoms with Gasteiger partial charge < -0.3 is 0 Å². The second-order valence-electron chi connectivity index (χ2n) is 3.18. The van der Waals surface area contributed by atoms with Gasteiger partial charge in [0.2, 0.25) is 0 Å². The van der Waals surface area contributed by atoms with Crippen molar-refractivity contribution in [1.29, 1.82) is 5.26 Å². The van der Waals surface area contributed by atoms with Gasteiger partial charge in [-0.05, 0) is 20.3 Å². The summed E-state index contributed by atoms with van der Waals surface area (Å²) in [7, 11) is 0. The third-order valence-corrected chi connectivity index (χ3v) is 2.11. The maximum atomic E-state index is 8.58. The van der Waals surface area contributed by atoms with Crippen LogP contribution in [0.4, 0.5) is 0 Å². The van der Waals surface area contributed by atoms with Crippen molar-refractivity contribution >= 4 is 0 Å². The zero-order valence-corrected chi connectivity index (χ0v) is 7.17. The summed E-state index contributed by atoms with van der Waals surface area (Å²) >= 11 is 0.